The zero-order valence-electron chi connectivity index (χ0n) is 11.5. The first kappa shape index (κ1) is 15.5. The maximum Gasteiger partial charge on any atom is 0.271 e. The number of rotatable bonds is 3. The van der Waals surface area contributed by atoms with Gasteiger partial charge in [0.15, 0.2) is 0 Å². The summed E-state index contributed by atoms with van der Waals surface area (Å²) in [6, 6.07) is 4.83. The molecule has 21 heavy (non-hydrogen) atoms. The first-order valence-electron chi connectivity index (χ1n) is 6.18. The third kappa shape index (κ3) is 3.62. The molecule has 0 fully saturated rings. The molecule has 2 N–H and O–H groups in total. The van der Waals surface area contributed by atoms with Crippen LogP contribution in [0.2, 0.25) is 10.2 Å². The van der Waals surface area contributed by atoms with E-state index < -0.39 is 5.91 Å². The van der Waals surface area contributed by atoms with Crippen LogP contribution in [0.3, 0.4) is 0 Å². The molecule has 1 amide bonds. The van der Waals surface area contributed by atoms with Gasteiger partial charge in [-0.05, 0) is 37.6 Å². The van der Waals surface area contributed by atoms with Crippen LogP contribution in [0.25, 0.3) is 0 Å². The fourth-order valence-corrected chi connectivity index (χ4v) is 2.27. The number of pyridine rings is 2. The first-order valence-corrected chi connectivity index (χ1v) is 6.93. The van der Waals surface area contributed by atoms with E-state index in [1.54, 1.807) is 6.92 Å². The fraction of sp³-hybridized carbons (Fsp3) is 0.214. The van der Waals surface area contributed by atoms with Crippen LogP contribution < -0.4 is 10.9 Å². The van der Waals surface area contributed by atoms with Crippen molar-refractivity contribution in [1.29, 1.82) is 0 Å². The fourth-order valence-electron chi connectivity index (χ4n) is 1.93. The van der Waals surface area contributed by atoms with Crippen molar-refractivity contribution in [1.82, 2.24) is 15.3 Å². The van der Waals surface area contributed by atoms with Gasteiger partial charge in [-0.15, -0.1) is 0 Å². The Bertz CT molecular complexity index is 756. The van der Waals surface area contributed by atoms with Gasteiger partial charge in [-0.3, -0.25) is 9.59 Å². The normalized spacial score (nSPS) is 10.5. The summed E-state index contributed by atoms with van der Waals surface area (Å²) in [5.41, 5.74) is 1.88. The van der Waals surface area contributed by atoms with Crippen molar-refractivity contribution in [2.45, 2.75) is 20.4 Å². The number of amides is 1. The molecule has 0 radical (unpaired) electrons. The Balaban J connectivity index is 2.19. The number of nitrogens with one attached hydrogen (secondary N) is 2. The average Bonchev–Trinajstić information content (AvgIpc) is 2.40. The van der Waals surface area contributed by atoms with Crippen molar-refractivity contribution in [3.8, 4) is 0 Å². The van der Waals surface area contributed by atoms with Crippen LogP contribution in [0.1, 0.15) is 27.3 Å². The second-order valence-corrected chi connectivity index (χ2v) is 5.38. The molecule has 2 heterocycles. The maximum absolute atomic E-state index is 12.1. The molecule has 0 aliphatic carbocycles. The second kappa shape index (κ2) is 6.28. The third-order valence-electron chi connectivity index (χ3n) is 2.95. The quantitative estimate of drug-likeness (QED) is 0.852. The Kier molecular flexibility index (Phi) is 4.65. The highest BCUT2D eigenvalue weighted by Gasteiger charge is 2.14. The third-order valence-corrected chi connectivity index (χ3v) is 3.46. The molecule has 0 atom stereocenters. The monoisotopic (exact) mass is 325 g/mol. The summed E-state index contributed by atoms with van der Waals surface area (Å²) in [4.78, 5) is 30.5. The predicted octanol–water partition coefficient (Wildman–Crippen LogP) is 2.62. The predicted molar refractivity (Wildman–Crippen MR) is 82.0 cm³/mol. The first-order chi connectivity index (χ1) is 9.88. The lowest BCUT2D eigenvalue weighted by Gasteiger charge is -2.08. The van der Waals surface area contributed by atoms with E-state index in [1.807, 2.05) is 13.0 Å². The number of hydrogen-bond donors (Lipinski definition) is 2. The highest BCUT2D eigenvalue weighted by Crippen LogP contribution is 2.16. The Morgan fingerprint density at radius 1 is 1.33 bits per heavy atom. The molecule has 2 rings (SSSR count). The van der Waals surface area contributed by atoms with Gasteiger partial charge in [0, 0.05) is 17.8 Å². The number of aryl methyl sites for hydroxylation is 2. The van der Waals surface area contributed by atoms with Crippen molar-refractivity contribution in [2.24, 2.45) is 0 Å². The van der Waals surface area contributed by atoms with E-state index in [-0.39, 0.29) is 28.0 Å². The van der Waals surface area contributed by atoms with Crippen molar-refractivity contribution in [2.75, 3.05) is 0 Å². The Morgan fingerprint density at radius 3 is 2.71 bits per heavy atom. The maximum atomic E-state index is 12.1. The molecule has 0 saturated carbocycles. The Labute approximate surface area is 131 Å². The van der Waals surface area contributed by atoms with E-state index in [0.717, 1.165) is 11.3 Å². The summed E-state index contributed by atoms with van der Waals surface area (Å²) in [6.07, 6.45) is 0. The number of nitrogens with zero attached hydrogens (tertiary/aromatic N) is 1. The van der Waals surface area contributed by atoms with Gasteiger partial charge in [0.2, 0.25) is 0 Å². The molecule has 2 aromatic rings. The number of hydrogen-bond acceptors (Lipinski definition) is 3. The molecular weight excluding hydrogens is 313 g/mol. The van der Waals surface area contributed by atoms with Crippen molar-refractivity contribution < 1.29 is 4.79 Å². The molecular formula is C14H13Cl2N3O2. The van der Waals surface area contributed by atoms with Crippen LogP contribution in [0.15, 0.2) is 23.0 Å². The Morgan fingerprint density at radius 2 is 2.05 bits per heavy atom. The highest BCUT2D eigenvalue weighted by molar-refractivity contribution is 6.34. The molecule has 0 aromatic carbocycles. The van der Waals surface area contributed by atoms with Gasteiger partial charge in [-0.2, -0.15) is 0 Å². The lowest BCUT2D eigenvalue weighted by atomic mass is 10.1. The molecule has 0 spiro atoms. The lowest BCUT2D eigenvalue weighted by Crippen LogP contribution is -2.28. The molecule has 0 aliphatic heterocycles. The molecule has 0 saturated heterocycles. The molecule has 0 aliphatic rings. The molecule has 0 unspecified atom stereocenters. The van der Waals surface area contributed by atoms with Gasteiger partial charge < -0.3 is 10.3 Å². The number of halogens is 2. The van der Waals surface area contributed by atoms with Crippen LogP contribution in [0, 0.1) is 13.8 Å². The zero-order chi connectivity index (χ0) is 15.6. The van der Waals surface area contributed by atoms with Gasteiger partial charge >= 0.3 is 0 Å². The lowest BCUT2D eigenvalue weighted by molar-refractivity contribution is 0.0946. The minimum atomic E-state index is -0.484. The molecule has 0 bridgehead atoms. The van der Waals surface area contributed by atoms with Crippen molar-refractivity contribution in [3.63, 3.8) is 0 Å². The van der Waals surface area contributed by atoms with E-state index >= 15 is 0 Å². The summed E-state index contributed by atoms with van der Waals surface area (Å²) in [6.45, 7) is 3.70. The summed E-state index contributed by atoms with van der Waals surface area (Å²) in [5, 5.41) is 3.00. The average molecular weight is 326 g/mol. The molecule has 5 nitrogen and oxygen atoms in total. The van der Waals surface area contributed by atoms with E-state index in [1.165, 1.54) is 12.1 Å². The van der Waals surface area contributed by atoms with Crippen LogP contribution in [-0.2, 0) is 6.54 Å². The smallest absolute Gasteiger partial charge is 0.271 e. The zero-order valence-corrected chi connectivity index (χ0v) is 13.0. The summed E-state index contributed by atoms with van der Waals surface area (Å²) in [5.74, 6) is -0.484. The van der Waals surface area contributed by atoms with Crippen LogP contribution >= 0.6 is 23.2 Å². The van der Waals surface area contributed by atoms with Gasteiger partial charge in [-0.25, -0.2) is 4.98 Å². The summed E-state index contributed by atoms with van der Waals surface area (Å²) in [7, 11) is 0. The van der Waals surface area contributed by atoms with Gasteiger partial charge in [-0.1, -0.05) is 23.2 Å². The van der Waals surface area contributed by atoms with Crippen molar-refractivity contribution in [3.05, 3.63) is 61.2 Å². The summed E-state index contributed by atoms with van der Waals surface area (Å²) >= 11 is 11.6. The molecule has 2 aromatic heterocycles. The number of H-pyrrole nitrogens is 1. The number of carbonyl (C=O) groups is 1. The SMILES string of the molecule is Cc1cc(C)c(CNC(=O)c2nc(Cl)ccc2Cl)c(=O)[nH]1. The van der Waals surface area contributed by atoms with E-state index in [4.69, 9.17) is 23.2 Å². The molecule has 110 valence electrons. The topological polar surface area (TPSA) is 74.8 Å². The summed E-state index contributed by atoms with van der Waals surface area (Å²) < 4.78 is 0. The largest absolute Gasteiger partial charge is 0.346 e. The van der Waals surface area contributed by atoms with Crippen LogP contribution in [0.5, 0.6) is 0 Å². The minimum absolute atomic E-state index is 0.0327. The Hall–Kier alpha value is -1.85. The van der Waals surface area contributed by atoms with E-state index in [9.17, 15) is 9.59 Å². The second-order valence-electron chi connectivity index (χ2n) is 4.59. The van der Waals surface area contributed by atoms with E-state index in [2.05, 4.69) is 15.3 Å². The highest BCUT2D eigenvalue weighted by atomic mass is 35.5. The number of aromatic nitrogens is 2. The van der Waals surface area contributed by atoms with Gasteiger partial charge in [0.25, 0.3) is 11.5 Å². The number of aromatic amines is 1. The van der Waals surface area contributed by atoms with Crippen molar-refractivity contribution >= 4 is 29.1 Å². The van der Waals surface area contributed by atoms with Gasteiger partial charge in [0.05, 0.1) is 5.02 Å². The minimum Gasteiger partial charge on any atom is -0.346 e. The van der Waals surface area contributed by atoms with Crippen LogP contribution in [-0.4, -0.2) is 15.9 Å². The van der Waals surface area contributed by atoms with Crippen LogP contribution in [0.4, 0.5) is 0 Å². The van der Waals surface area contributed by atoms with E-state index in [0.29, 0.717) is 5.56 Å². The standard InChI is InChI=1S/C14H13Cl2N3O2/c1-7-5-8(2)18-13(20)9(7)6-17-14(21)12-10(15)3-4-11(16)19-12/h3-5H,6H2,1-2H3,(H,17,21)(H,18,20). The van der Waals surface area contributed by atoms with Gasteiger partial charge in [0.1, 0.15) is 10.8 Å². The number of carbonyl (C=O) groups excluding carboxylic acids is 1. The molecule has 7 heteroatoms.